The summed E-state index contributed by atoms with van der Waals surface area (Å²) >= 11 is 6.08. The van der Waals surface area contributed by atoms with E-state index in [2.05, 4.69) is 13.0 Å². The highest BCUT2D eigenvalue weighted by atomic mass is 35.5. The predicted molar refractivity (Wildman–Crippen MR) is 62.6 cm³/mol. The average Bonchev–Trinajstić information content (AvgIpc) is 2.64. The molecule has 0 bridgehead atoms. The molecule has 15 heavy (non-hydrogen) atoms. The number of rotatable bonds is 3. The standard InChI is InChI=1S/C13H15ClO/c1-9(5-6-15)13-8-11(14)7-10-3-2-4-12(10)13/h6-9H,2-5H2,1H3. The van der Waals surface area contributed by atoms with Crippen LogP contribution in [0.25, 0.3) is 0 Å². The maximum atomic E-state index is 10.5. The molecule has 1 unspecified atom stereocenters. The number of hydrogen-bond donors (Lipinski definition) is 0. The van der Waals surface area contributed by atoms with Crippen LogP contribution in [0.4, 0.5) is 0 Å². The lowest BCUT2D eigenvalue weighted by atomic mass is 9.91. The van der Waals surface area contributed by atoms with Gasteiger partial charge in [0.15, 0.2) is 0 Å². The van der Waals surface area contributed by atoms with Gasteiger partial charge < -0.3 is 4.79 Å². The Kier molecular flexibility index (Phi) is 3.11. The molecule has 0 amide bonds. The van der Waals surface area contributed by atoms with Crippen LogP contribution in [0.3, 0.4) is 0 Å². The first-order valence-electron chi connectivity index (χ1n) is 5.47. The summed E-state index contributed by atoms with van der Waals surface area (Å²) in [6.07, 6.45) is 5.08. The molecule has 0 saturated heterocycles. The van der Waals surface area contributed by atoms with Crippen LogP contribution in [0.2, 0.25) is 5.02 Å². The van der Waals surface area contributed by atoms with Crippen molar-refractivity contribution in [3.63, 3.8) is 0 Å². The lowest BCUT2D eigenvalue weighted by molar-refractivity contribution is -0.108. The predicted octanol–water partition coefficient (Wildman–Crippen LogP) is 3.52. The number of hydrogen-bond acceptors (Lipinski definition) is 1. The lowest BCUT2D eigenvalue weighted by Gasteiger charge is -2.14. The van der Waals surface area contributed by atoms with E-state index in [0.29, 0.717) is 12.3 Å². The van der Waals surface area contributed by atoms with Gasteiger partial charge in [-0.3, -0.25) is 0 Å². The second kappa shape index (κ2) is 4.36. The van der Waals surface area contributed by atoms with E-state index >= 15 is 0 Å². The molecule has 1 aromatic carbocycles. The van der Waals surface area contributed by atoms with Gasteiger partial charge in [0.2, 0.25) is 0 Å². The summed E-state index contributed by atoms with van der Waals surface area (Å²) in [4.78, 5) is 10.5. The van der Waals surface area contributed by atoms with E-state index in [0.717, 1.165) is 24.2 Å². The van der Waals surface area contributed by atoms with E-state index in [-0.39, 0.29) is 0 Å². The summed E-state index contributed by atoms with van der Waals surface area (Å²) in [7, 11) is 0. The molecule has 0 aromatic heterocycles. The molecule has 0 saturated carbocycles. The summed E-state index contributed by atoms with van der Waals surface area (Å²) in [5.41, 5.74) is 4.10. The molecule has 2 heteroatoms. The van der Waals surface area contributed by atoms with Crippen LogP contribution in [0.1, 0.15) is 42.4 Å². The number of carbonyl (C=O) groups excluding carboxylic acids is 1. The normalized spacial score (nSPS) is 16.1. The smallest absolute Gasteiger partial charge is 0.120 e. The summed E-state index contributed by atoms with van der Waals surface area (Å²) in [5.74, 6) is 0.299. The fourth-order valence-corrected chi connectivity index (χ4v) is 2.66. The number of aryl methyl sites for hydroxylation is 1. The van der Waals surface area contributed by atoms with Gasteiger partial charge in [0.1, 0.15) is 6.29 Å². The highest BCUT2D eigenvalue weighted by Gasteiger charge is 2.18. The molecule has 0 radical (unpaired) electrons. The van der Waals surface area contributed by atoms with Gasteiger partial charge >= 0.3 is 0 Å². The number of halogens is 1. The first-order chi connectivity index (χ1) is 7.22. The van der Waals surface area contributed by atoms with Gasteiger partial charge in [0.05, 0.1) is 0 Å². The minimum atomic E-state index is 0.299. The zero-order chi connectivity index (χ0) is 10.8. The van der Waals surface area contributed by atoms with Gasteiger partial charge in [-0.25, -0.2) is 0 Å². The lowest BCUT2D eigenvalue weighted by Crippen LogP contribution is -2.00. The molecule has 2 rings (SSSR count). The van der Waals surface area contributed by atoms with Gasteiger partial charge in [0.25, 0.3) is 0 Å². The Balaban J connectivity index is 2.41. The van der Waals surface area contributed by atoms with Crippen molar-refractivity contribution in [2.24, 2.45) is 0 Å². The fourth-order valence-electron chi connectivity index (χ4n) is 2.41. The first-order valence-corrected chi connectivity index (χ1v) is 5.85. The van der Waals surface area contributed by atoms with Crippen LogP contribution in [-0.4, -0.2) is 6.29 Å². The zero-order valence-electron chi connectivity index (χ0n) is 8.92. The van der Waals surface area contributed by atoms with Gasteiger partial charge in [-0.15, -0.1) is 0 Å². The summed E-state index contributed by atoms with van der Waals surface area (Å²) in [6.45, 7) is 2.10. The molecule has 1 nitrogen and oxygen atoms in total. The Morgan fingerprint density at radius 2 is 2.27 bits per heavy atom. The van der Waals surface area contributed by atoms with Crippen molar-refractivity contribution < 1.29 is 4.79 Å². The molecule has 80 valence electrons. The SMILES string of the molecule is CC(CC=O)c1cc(Cl)cc2c1CCC2. The van der Waals surface area contributed by atoms with Crippen LogP contribution in [0, 0.1) is 0 Å². The number of fused-ring (bicyclic) bond motifs is 1. The Hall–Kier alpha value is -0.820. The first kappa shape index (κ1) is 10.7. The van der Waals surface area contributed by atoms with Crippen molar-refractivity contribution in [2.75, 3.05) is 0 Å². The minimum absolute atomic E-state index is 0.299. The molecule has 0 heterocycles. The van der Waals surface area contributed by atoms with Crippen LogP contribution in [0.15, 0.2) is 12.1 Å². The third kappa shape index (κ3) is 2.07. The molecule has 1 atom stereocenters. The molecule has 0 N–H and O–H groups in total. The highest BCUT2D eigenvalue weighted by molar-refractivity contribution is 6.30. The number of carbonyl (C=O) groups is 1. The van der Waals surface area contributed by atoms with Crippen molar-refractivity contribution in [1.82, 2.24) is 0 Å². The highest BCUT2D eigenvalue weighted by Crippen LogP contribution is 2.33. The van der Waals surface area contributed by atoms with Crippen molar-refractivity contribution in [1.29, 1.82) is 0 Å². The Bertz CT molecular complexity index is 384. The molecule has 1 aromatic rings. The van der Waals surface area contributed by atoms with Gasteiger partial charge in [-0.05, 0) is 54.0 Å². The maximum absolute atomic E-state index is 10.5. The summed E-state index contributed by atoms with van der Waals surface area (Å²) < 4.78 is 0. The zero-order valence-corrected chi connectivity index (χ0v) is 9.68. The van der Waals surface area contributed by atoms with E-state index in [1.54, 1.807) is 0 Å². The molecule has 0 spiro atoms. The minimum Gasteiger partial charge on any atom is -0.303 e. The van der Waals surface area contributed by atoms with E-state index in [9.17, 15) is 4.79 Å². The molecule has 1 aliphatic rings. The Morgan fingerprint density at radius 3 is 3.00 bits per heavy atom. The van der Waals surface area contributed by atoms with E-state index in [1.807, 2.05) is 6.07 Å². The van der Waals surface area contributed by atoms with Crippen molar-refractivity contribution >= 4 is 17.9 Å². The molecule has 1 aliphatic carbocycles. The topological polar surface area (TPSA) is 17.1 Å². The van der Waals surface area contributed by atoms with Crippen LogP contribution < -0.4 is 0 Å². The van der Waals surface area contributed by atoms with Gasteiger partial charge in [0, 0.05) is 11.4 Å². The second-order valence-electron chi connectivity index (χ2n) is 4.29. The second-order valence-corrected chi connectivity index (χ2v) is 4.73. The molecular formula is C13H15ClO. The number of aldehydes is 1. The van der Waals surface area contributed by atoms with Crippen molar-refractivity contribution in [3.05, 3.63) is 33.8 Å². The Labute approximate surface area is 95.4 Å². The number of benzene rings is 1. The monoisotopic (exact) mass is 222 g/mol. The fraction of sp³-hybridized carbons (Fsp3) is 0.462. The van der Waals surface area contributed by atoms with Crippen LogP contribution in [0.5, 0.6) is 0 Å². The van der Waals surface area contributed by atoms with E-state index in [1.165, 1.54) is 23.1 Å². The summed E-state index contributed by atoms with van der Waals surface area (Å²) in [6, 6.07) is 4.10. The summed E-state index contributed by atoms with van der Waals surface area (Å²) in [5, 5.41) is 0.809. The quantitative estimate of drug-likeness (QED) is 0.716. The molecule has 0 aliphatic heterocycles. The van der Waals surface area contributed by atoms with Crippen molar-refractivity contribution in [2.45, 2.75) is 38.5 Å². The third-order valence-electron chi connectivity index (χ3n) is 3.20. The van der Waals surface area contributed by atoms with Gasteiger partial charge in [-0.1, -0.05) is 18.5 Å². The molecule has 0 fully saturated rings. The van der Waals surface area contributed by atoms with Gasteiger partial charge in [-0.2, -0.15) is 0 Å². The van der Waals surface area contributed by atoms with E-state index in [4.69, 9.17) is 11.6 Å². The Morgan fingerprint density at radius 1 is 1.47 bits per heavy atom. The largest absolute Gasteiger partial charge is 0.303 e. The maximum Gasteiger partial charge on any atom is 0.120 e. The third-order valence-corrected chi connectivity index (χ3v) is 3.41. The van der Waals surface area contributed by atoms with Crippen LogP contribution >= 0.6 is 11.6 Å². The van der Waals surface area contributed by atoms with Crippen molar-refractivity contribution in [3.8, 4) is 0 Å². The van der Waals surface area contributed by atoms with E-state index < -0.39 is 0 Å². The molecular weight excluding hydrogens is 208 g/mol. The average molecular weight is 223 g/mol. The van der Waals surface area contributed by atoms with Crippen LogP contribution in [-0.2, 0) is 17.6 Å².